The molecule has 3 rings (SSSR count). The first-order chi connectivity index (χ1) is 11.9. The molecule has 25 heavy (non-hydrogen) atoms. The van der Waals surface area contributed by atoms with Crippen LogP contribution in [0.4, 0.5) is 11.5 Å². The van der Waals surface area contributed by atoms with Crippen LogP contribution in [0.5, 0.6) is 0 Å². The van der Waals surface area contributed by atoms with Crippen LogP contribution in [0.25, 0.3) is 0 Å². The van der Waals surface area contributed by atoms with Crippen molar-refractivity contribution in [1.29, 1.82) is 0 Å². The maximum Gasteiger partial charge on any atom is 0.245 e. The second-order valence-corrected chi connectivity index (χ2v) is 8.42. The molecule has 1 N–H and O–H groups in total. The highest BCUT2D eigenvalue weighted by Crippen LogP contribution is 2.31. The summed E-state index contributed by atoms with van der Waals surface area (Å²) in [7, 11) is 0.320. The smallest absolute Gasteiger partial charge is 0.245 e. The molecule has 0 unspecified atom stereocenters. The molecular formula is C16H20ClN5O2S. The van der Waals surface area contributed by atoms with Gasteiger partial charge in [-0.2, -0.15) is 4.31 Å². The van der Waals surface area contributed by atoms with Gasteiger partial charge in [-0.1, -0.05) is 23.7 Å². The number of likely N-dealkylation sites (N-methyl/N-ethyl adjacent to an activating group) is 1. The monoisotopic (exact) mass is 381 g/mol. The van der Waals surface area contributed by atoms with Crippen molar-refractivity contribution in [2.45, 2.75) is 17.4 Å². The van der Waals surface area contributed by atoms with E-state index in [0.29, 0.717) is 29.6 Å². The van der Waals surface area contributed by atoms with Crippen LogP contribution in [-0.2, 0) is 10.0 Å². The van der Waals surface area contributed by atoms with Gasteiger partial charge in [0, 0.05) is 19.1 Å². The number of sulfonamides is 1. The molecule has 0 spiro atoms. The Balaban J connectivity index is 1.91. The van der Waals surface area contributed by atoms with Gasteiger partial charge >= 0.3 is 0 Å². The van der Waals surface area contributed by atoms with E-state index in [1.807, 2.05) is 14.1 Å². The third-order valence-corrected chi connectivity index (χ3v) is 6.48. The number of nitrogens with one attached hydrogen (secondary N) is 1. The van der Waals surface area contributed by atoms with Crippen molar-refractivity contribution in [3.8, 4) is 0 Å². The summed E-state index contributed by atoms with van der Waals surface area (Å²) >= 11 is 6.07. The minimum atomic E-state index is -3.61. The Kier molecular flexibility index (Phi) is 5.24. The first-order valence-corrected chi connectivity index (χ1v) is 9.69. The van der Waals surface area contributed by atoms with Gasteiger partial charge in [0.1, 0.15) is 16.2 Å². The molecule has 1 aromatic carbocycles. The zero-order chi connectivity index (χ0) is 18.0. The summed E-state index contributed by atoms with van der Waals surface area (Å²) in [6.45, 7) is 0.992. The highest BCUT2D eigenvalue weighted by atomic mass is 35.5. The quantitative estimate of drug-likeness (QED) is 0.855. The molecule has 1 aliphatic rings. The van der Waals surface area contributed by atoms with Crippen molar-refractivity contribution in [1.82, 2.24) is 19.2 Å². The standard InChI is InChI=1S/C16H20ClN5O2S/c1-21(2)12-7-8-22(10-12)25(23,24)15-6-4-3-5-14(15)20-16-13(17)9-18-11-19-16/h3-6,9,11-12H,7-8,10H2,1-2H3,(H,18,19,20)/t12-/m0/s1. The van der Waals surface area contributed by atoms with Gasteiger partial charge in [-0.3, -0.25) is 0 Å². The SMILES string of the molecule is CN(C)[C@H]1CCN(S(=O)(=O)c2ccccc2Nc2ncncc2Cl)C1. The molecule has 1 aromatic heterocycles. The lowest BCUT2D eigenvalue weighted by atomic mass is 10.2. The molecule has 0 aliphatic carbocycles. The summed E-state index contributed by atoms with van der Waals surface area (Å²) in [6.07, 6.45) is 3.63. The molecule has 2 heterocycles. The van der Waals surface area contributed by atoms with E-state index in [9.17, 15) is 8.42 Å². The number of hydrogen-bond acceptors (Lipinski definition) is 6. The van der Waals surface area contributed by atoms with Crippen LogP contribution in [0.2, 0.25) is 5.02 Å². The Morgan fingerprint density at radius 3 is 2.76 bits per heavy atom. The fraction of sp³-hybridized carbons (Fsp3) is 0.375. The minimum absolute atomic E-state index is 0.212. The number of aromatic nitrogens is 2. The van der Waals surface area contributed by atoms with Crippen LogP contribution in [0.1, 0.15) is 6.42 Å². The van der Waals surface area contributed by atoms with Gasteiger partial charge in [0.2, 0.25) is 10.0 Å². The van der Waals surface area contributed by atoms with Gasteiger partial charge in [0.25, 0.3) is 0 Å². The highest BCUT2D eigenvalue weighted by molar-refractivity contribution is 7.89. The van der Waals surface area contributed by atoms with Crippen molar-refractivity contribution < 1.29 is 8.42 Å². The van der Waals surface area contributed by atoms with Crippen LogP contribution < -0.4 is 5.32 Å². The lowest BCUT2D eigenvalue weighted by Crippen LogP contribution is -2.34. The average Bonchev–Trinajstić information content (AvgIpc) is 3.08. The predicted octanol–water partition coefficient (Wildman–Crippen LogP) is 2.20. The number of anilines is 2. The van der Waals surface area contributed by atoms with Crippen molar-refractivity contribution in [3.63, 3.8) is 0 Å². The molecule has 0 radical (unpaired) electrons. The lowest BCUT2D eigenvalue weighted by Gasteiger charge is -2.21. The summed E-state index contributed by atoms with van der Waals surface area (Å²) in [5.74, 6) is 0.368. The van der Waals surface area contributed by atoms with E-state index in [4.69, 9.17) is 11.6 Å². The van der Waals surface area contributed by atoms with Gasteiger partial charge in [0.05, 0.1) is 11.9 Å². The minimum Gasteiger partial charge on any atom is -0.338 e. The Morgan fingerprint density at radius 2 is 2.08 bits per heavy atom. The molecule has 9 heteroatoms. The van der Waals surface area contributed by atoms with Gasteiger partial charge in [-0.25, -0.2) is 18.4 Å². The third kappa shape index (κ3) is 3.77. The molecule has 1 atom stereocenters. The Morgan fingerprint density at radius 1 is 1.32 bits per heavy atom. The van der Waals surface area contributed by atoms with E-state index in [1.165, 1.54) is 16.8 Å². The van der Waals surface area contributed by atoms with Crippen molar-refractivity contribution in [2.24, 2.45) is 0 Å². The van der Waals surface area contributed by atoms with E-state index in [2.05, 4.69) is 20.2 Å². The molecule has 0 amide bonds. The Labute approximate surface area is 152 Å². The number of rotatable bonds is 5. The number of para-hydroxylation sites is 1. The topological polar surface area (TPSA) is 78.4 Å². The Hall–Kier alpha value is -1.74. The van der Waals surface area contributed by atoms with Gasteiger partial charge in [0.15, 0.2) is 5.82 Å². The third-order valence-electron chi connectivity index (χ3n) is 4.28. The molecule has 1 fully saturated rings. The molecular weight excluding hydrogens is 362 g/mol. The normalized spacial score (nSPS) is 18.6. The van der Waals surface area contributed by atoms with E-state index < -0.39 is 10.0 Å². The summed E-state index contributed by atoms with van der Waals surface area (Å²) in [5.41, 5.74) is 0.441. The predicted molar refractivity (Wildman–Crippen MR) is 97.6 cm³/mol. The van der Waals surface area contributed by atoms with Crippen molar-refractivity contribution in [2.75, 3.05) is 32.5 Å². The summed E-state index contributed by atoms with van der Waals surface area (Å²) in [5, 5.41) is 3.33. The molecule has 2 aromatic rings. The molecule has 1 aliphatic heterocycles. The first-order valence-electron chi connectivity index (χ1n) is 7.87. The molecule has 134 valence electrons. The largest absolute Gasteiger partial charge is 0.338 e. The number of hydrogen-bond donors (Lipinski definition) is 1. The van der Waals surface area contributed by atoms with Gasteiger partial charge < -0.3 is 10.2 Å². The number of nitrogens with zero attached hydrogens (tertiary/aromatic N) is 4. The molecule has 1 saturated heterocycles. The molecule has 0 bridgehead atoms. The zero-order valence-electron chi connectivity index (χ0n) is 14.1. The van der Waals surface area contributed by atoms with E-state index in [-0.39, 0.29) is 10.9 Å². The maximum absolute atomic E-state index is 13.1. The van der Waals surface area contributed by atoms with Crippen LogP contribution >= 0.6 is 11.6 Å². The fourth-order valence-electron chi connectivity index (χ4n) is 2.82. The molecule has 7 nitrogen and oxygen atoms in total. The van der Waals surface area contributed by atoms with E-state index in [0.717, 1.165) is 6.42 Å². The summed E-state index contributed by atoms with van der Waals surface area (Å²) < 4.78 is 27.7. The second kappa shape index (κ2) is 7.25. The van der Waals surface area contributed by atoms with Gasteiger partial charge in [-0.05, 0) is 32.6 Å². The second-order valence-electron chi connectivity index (χ2n) is 6.11. The number of benzene rings is 1. The highest BCUT2D eigenvalue weighted by Gasteiger charge is 2.34. The van der Waals surface area contributed by atoms with E-state index >= 15 is 0 Å². The zero-order valence-corrected chi connectivity index (χ0v) is 15.6. The summed E-state index contributed by atoms with van der Waals surface area (Å²) in [4.78, 5) is 10.2. The molecule has 0 saturated carbocycles. The van der Waals surface area contributed by atoms with Crippen LogP contribution in [0.3, 0.4) is 0 Å². The van der Waals surface area contributed by atoms with Crippen LogP contribution in [0, 0.1) is 0 Å². The average molecular weight is 382 g/mol. The number of halogens is 1. The van der Waals surface area contributed by atoms with Crippen LogP contribution in [0.15, 0.2) is 41.7 Å². The van der Waals surface area contributed by atoms with Crippen LogP contribution in [-0.4, -0.2) is 60.8 Å². The summed E-state index contributed by atoms with van der Waals surface area (Å²) in [6, 6.07) is 6.99. The van der Waals surface area contributed by atoms with Crippen molar-refractivity contribution >= 4 is 33.1 Å². The van der Waals surface area contributed by atoms with E-state index in [1.54, 1.807) is 24.3 Å². The lowest BCUT2D eigenvalue weighted by molar-refractivity contribution is 0.302. The maximum atomic E-state index is 13.1. The van der Waals surface area contributed by atoms with Gasteiger partial charge in [-0.15, -0.1) is 0 Å². The van der Waals surface area contributed by atoms with Crippen molar-refractivity contribution in [3.05, 3.63) is 41.8 Å². The first kappa shape index (κ1) is 18.1. The fourth-order valence-corrected chi connectivity index (χ4v) is 4.61. The Bertz CT molecular complexity index is 859.